The first-order valence-corrected chi connectivity index (χ1v) is 10.4. The molecule has 0 unspecified atom stereocenters. The number of piperidine rings is 1. The topological polar surface area (TPSA) is 90.7 Å². The quantitative estimate of drug-likeness (QED) is 0.250. The average molecular weight is 442 g/mol. The molecular weight excluding hydrogens is 418 g/mol. The molecule has 2 heterocycles. The number of benzene rings is 1. The second kappa shape index (κ2) is 9.73. The Kier molecular flexibility index (Phi) is 7.07. The van der Waals surface area contributed by atoms with Crippen LogP contribution in [0.4, 0.5) is 5.69 Å². The number of nitrogens with zero attached hydrogens (tertiary/aromatic N) is 6. The molecule has 0 bridgehead atoms. The molecule has 0 radical (unpaired) electrons. The number of hydrogen-bond donors (Lipinski definition) is 2. The fourth-order valence-electron chi connectivity index (χ4n) is 3.40. The summed E-state index contributed by atoms with van der Waals surface area (Å²) in [6.07, 6.45) is 3.14. The van der Waals surface area contributed by atoms with Crippen molar-refractivity contribution >= 4 is 46.4 Å². The van der Waals surface area contributed by atoms with Crippen LogP contribution in [0.1, 0.15) is 25.0 Å². The lowest BCUT2D eigenvalue weighted by Gasteiger charge is -2.28. The predicted molar refractivity (Wildman–Crippen MR) is 127 cm³/mol. The van der Waals surface area contributed by atoms with Gasteiger partial charge in [-0.15, -0.1) is 12.6 Å². The minimum atomic E-state index is -0.261. The van der Waals surface area contributed by atoms with Gasteiger partial charge in [-0.05, 0) is 38.3 Å². The van der Waals surface area contributed by atoms with E-state index in [-0.39, 0.29) is 15.6 Å². The molecule has 1 fully saturated rings. The molecule has 8 nitrogen and oxygen atoms in total. The first kappa shape index (κ1) is 21.8. The summed E-state index contributed by atoms with van der Waals surface area (Å²) in [6.45, 7) is 3.34. The van der Waals surface area contributed by atoms with Crippen molar-refractivity contribution in [3.8, 4) is 11.8 Å². The van der Waals surface area contributed by atoms with Crippen LogP contribution in [0, 0.1) is 18.3 Å². The number of rotatable bonds is 4. The summed E-state index contributed by atoms with van der Waals surface area (Å²) in [5.41, 5.74) is 4.30. The Morgan fingerprint density at radius 2 is 1.90 bits per heavy atom. The van der Waals surface area contributed by atoms with Crippen molar-refractivity contribution in [3.05, 3.63) is 46.4 Å². The lowest BCUT2D eigenvalue weighted by Crippen LogP contribution is -2.40. The summed E-state index contributed by atoms with van der Waals surface area (Å²) in [6, 6.07) is 11.4. The van der Waals surface area contributed by atoms with Gasteiger partial charge in [-0.3, -0.25) is 14.9 Å². The number of para-hydroxylation sites is 1. The third kappa shape index (κ3) is 4.63. The Morgan fingerprint density at radius 1 is 1.23 bits per heavy atom. The Balaban J connectivity index is 1.97. The first-order chi connectivity index (χ1) is 14.4. The van der Waals surface area contributed by atoms with Crippen LogP contribution in [0.25, 0.3) is 5.69 Å². The molecule has 1 aliphatic rings. The van der Waals surface area contributed by atoms with Crippen LogP contribution in [0.3, 0.4) is 0 Å². The van der Waals surface area contributed by atoms with Crippen molar-refractivity contribution in [2.75, 3.05) is 18.5 Å². The number of hydrazone groups is 1. The Bertz CT molecular complexity index is 1090. The molecule has 1 aromatic carbocycles. The average Bonchev–Trinajstić information content (AvgIpc) is 2.97. The maximum Gasteiger partial charge on any atom is 0.296 e. The Morgan fingerprint density at radius 3 is 2.50 bits per heavy atom. The van der Waals surface area contributed by atoms with Gasteiger partial charge in [-0.2, -0.15) is 10.4 Å². The molecule has 2 aromatic rings. The van der Waals surface area contributed by atoms with Gasteiger partial charge in [0.15, 0.2) is 10.2 Å². The molecule has 10 heteroatoms. The number of aromatic nitrogens is 2. The van der Waals surface area contributed by atoms with Crippen LogP contribution in [-0.2, 0) is 7.05 Å². The molecule has 0 aliphatic carbocycles. The summed E-state index contributed by atoms with van der Waals surface area (Å²) in [5, 5.41) is 13.9. The molecule has 1 N–H and O–H groups in total. The molecule has 1 aromatic heterocycles. The van der Waals surface area contributed by atoms with Crippen LogP contribution in [0.5, 0.6) is 0 Å². The van der Waals surface area contributed by atoms with Gasteiger partial charge in [-0.1, -0.05) is 30.4 Å². The van der Waals surface area contributed by atoms with E-state index in [9.17, 15) is 10.1 Å². The van der Waals surface area contributed by atoms with Gasteiger partial charge in [0.25, 0.3) is 5.56 Å². The normalized spacial score (nSPS) is 15.1. The zero-order chi connectivity index (χ0) is 21.7. The SMILES string of the molecule is Cc1c(N/N=C(/C#N)C(=NC(=S)S)N2CCCCC2)c(=O)n(-c2ccccc2)n1C. The molecule has 1 aliphatic heterocycles. The summed E-state index contributed by atoms with van der Waals surface area (Å²) in [4.78, 5) is 19.3. The summed E-state index contributed by atoms with van der Waals surface area (Å²) >= 11 is 9.10. The van der Waals surface area contributed by atoms with Crippen molar-refractivity contribution in [2.24, 2.45) is 17.1 Å². The number of nitrogens with one attached hydrogen (secondary N) is 1. The fourth-order valence-corrected chi connectivity index (χ4v) is 3.58. The molecule has 0 saturated carbocycles. The number of nitriles is 1. The van der Waals surface area contributed by atoms with E-state index in [2.05, 4.69) is 34.2 Å². The second-order valence-corrected chi connectivity index (χ2v) is 8.00. The van der Waals surface area contributed by atoms with Gasteiger partial charge in [-0.25, -0.2) is 9.67 Å². The van der Waals surface area contributed by atoms with Gasteiger partial charge in [0.2, 0.25) is 5.71 Å². The van der Waals surface area contributed by atoms with Crippen LogP contribution >= 0.6 is 24.8 Å². The van der Waals surface area contributed by atoms with Gasteiger partial charge >= 0.3 is 0 Å². The molecular formula is C20H23N7OS2. The fraction of sp³-hybridized carbons (Fsp3) is 0.350. The van der Waals surface area contributed by atoms with Crippen LogP contribution in [0.2, 0.25) is 0 Å². The largest absolute Gasteiger partial charge is 0.354 e. The summed E-state index contributed by atoms with van der Waals surface area (Å²) < 4.78 is 3.41. The Labute approximate surface area is 185 Å². The van der Waals surface area contributed by atoms with Crippen molar-refractivity contribution in [2.45, 2.75) is 26.2 Å². The highest BCUT2D eigenvalue weighted by Gasteiger charge is 2.22. The van der Waals surface area contributed by atoms with Crippen molar-refractivity contribution in [1.29, 1.82) is 5.26 Å². The summed E-state index contributed by atoms with van der Waals surface area (Å²) in [5.74, 6) is 0.377. The van der Waals surface area contributed by atoms with E-state index in [0.29, 0.717) is 17.2 Å². The molecule has 0 amide bonds. The number of thiol groups is 1. The van der Waals surface area contributed by atoms with Gasteiger partial charge in [0.05, 0.1) is 11.4 Å². The lowest BCUT2D eigenvalue weighted by molar-refractivity contribution is 0.346. The predicted octanol–water partition coefficient (Wildman–Crippen LogP) is 2.88. The van der Waals surface area contributed by atoms with Crippen molar-refractivity contribution in [3.63, 3.8) is 0 Å². The molecule has 0 spiro atoms. The molecule has 0 atom stereocenters. The van der Waals surface area contributed by atoms with E-state index in [1.165, 1.54) is 0 Å². The highest BCUT2D eigenvalue weighted by atomic mass is 32.1. The lowest BCUT2D eigenvalue weighted by atomic mass is 10.1. The number of amidine groups is 1. The van der Waals surface area contributed by atoms with E-state index in [1.807, 2.05) is 42.2 Å². The molecule has 30 heavy (non-hydrogen) atoms. The van der Waals surface area contributed by atoms with Crippen molar-refractivity contribution in [1.82, 2.24) is 14.3 Å². The second-order valence-electron chi connectivity index (χ2n) is 6.89. The van der Waals surface area contributed by atoms with Gasteiger partial charge < -0.3 is 4.90 Å². The van der Waals surface area contributed by atoms with Crippen molar-refractivity contribution < 1.29 is 0 Å². The van der Waals surface area contributed by atoms with Crippen LogP contribution in [-0.4, -0.2) is 43.2 Å². The highest BCUT2D eigenvalue weighted by molar-refractivity contribution is 8.11. The van der Waals surface area contributed by atoms with E-state index >= 15 is 0 Å². The maximum absolute atomic E-state index is 13.0. The zero-order valence-electron chi connectivity index (χ0n) is 16.9. The smallest absolute Gasteiger partial charge is 0.296 e. The number of anilines is 1. The van der Waals surface area contributed by atoms with E-state index in [0.717, 1.165) is 38.0 Å². The molecule has 3 rings (SSSR count). The van der Waals surface area contributed by atoms with Gasteiger partial charge in [0.1, 0.15) is 11.8 Å². The first-order valence-electron chi connectivity index (χ1n) is 9.58. The number of likely N-dealkylation sites (tertiary alicyclic amines) is 1. The van der Waals surface area contributed by atoms with Crippen LogP contribution in [0.15, 0.2) is 45.2 Å². The standard InChI is InChI=1S/C20H23N7OS2/c1-14-17(19(28)27(25(14)2)15-9-5-3-6-10-15)24-23-16(13-21)18(22-20(29)30)26-11-7-4-8-12-26/h3,5-6,9-10,24H,4,7-8,11-12H2,1-2H3,(H,29,30)/b22-18?,23-16-. The third-order valence-electron chi connectivity index (χ3n) is 5.01. The number of thiocarbonyl (C=S) groups is 1. The van der Waals surface area contributed by atoms with E-state index in [1.54, 1.807) is 16.4 Å². The zero-order valence-corrected chi connectivity index (χ0v) is 18.6. The number of hydrogen-bond acceptors (Lipinski definition) is 5. The van der Waals surface area contributed by atoms with Crippen LogP contribution < -0.4 is 11.0 Å². The minimum Gasteiger partial charge on any atom is -0.354 e. The molecule has 156 valence electrons. The maximum atomic E-state index is 13.0. The molecule has 1 saturated heterocycles. The highest BCUT2D eigenvalue weighted by Crippen LogP contribution is 2.15. The van der Waals surface area contributed by atoms with Gasteiger partial charge in [0, 0.05) is 20.1 Å². The summed E-state index contributed by atoms with van der Waals surface area (Å²) in [7, 11) is 1.80. The monoisotopic (exact) mass is 441 g/mol. The Hall–Kier alpha value is -2.90. The third-order valence-corrected chi connectivity index (χ3v) is 5.20. The number of aliphatic imine (C=N–C) groups is 1. The van der Waals surface area contributed by atoms with E-state index in [4.69, 9.17) is 12.2 Å². The van der Waals surface area contributed by atoms with E-state index < -0.39 is 0 Å². The minimum absolute atomic E-state index is 0.0576.